The Labute approximate surface area is 733 Å². The number of ether oxygens (including phenoxy) is 4. The summed E-state index contributed by atoms with van der Waals surface area (Å²) < 4.78 is 28.3. The smallest absolute Gasteiger partial charge is 0.265 e. The molecule has 4 aliphatic rings. The van der Waals surface area contributed by atoms with Gasteiger partial charge < -0.3 is 79.3 Å². The fraction of sp³-hybridized carbons (Fsp3) is 0.400. The zero-order valence-electron chi connectivity index (χ0n) is 74.9. The SMILES string of the molecule is CC(C)O.CCOc1ccc2ncnc(Nc3ccc(Oc4cc5ncnn5cn4)c(C)c3)c2c1N1CC(N(C)C)C1.Cc1cc(N)ccc1Oc1cc2ncnn2cn1.Cc1ccc2nc[nH]c(=O)c2c1N1CC(N(C)C)C1.Cc1ccc2ncn(COCC[Si](C)(C)C)c(=O)c2c1N1CC(N(C)C)C1.Cc1ccc2ncnc(Cl)c2c1N1CC(N(C)C)C1. The predicted molar refractivity (Wildman–Crippen MR) is 500 cm³/mol. The van der Waals surface area contributed by atoms with Gasteiger partial charge in [-0.05, 0) is 212 Å². The van der Waals surface area contributed by atoms with Gasteiger partial charge in [0.15, 0.2) is 11.3 Å². The highest BCUT2D eigenvalue weighted by Crippen LogP contribution is 2.44. The molecule has 125 heavy (non-hydrogen) atoms. The van der Waals surface area contributed by atoms with E-state index in [4.69, 9.17) is 41.4 Å². The van der Waals surface area contributed by atoms with Crippen molar-refractivity contribution in [2.75, 3.05) is 153 Å². The van der Waals surface area contributed by atoms with E-state index in [2.05, 4.69) is 212 Å². The van der Waals surface area contributed by atoms with Gasteiger partial charge in [0.25, 0.3) is 11.1 Å². The van der Waals surface area contributed by atoms with Crippen LogP contribution in [0.4, 0.5) is 39.9 Å². The number of rotatable bonds is 21. The number of nitrogen functional groups attached to an aromatic ring is 1. The first-order valence-corrected chi connectivity index (χ1v) is 45.9. The molecule has 12 heterocycles. The number of halogens is 1. The third-order valence-electron chi connectivity index (χ3n) is 22.3. The molecule has 0 radical (unpaired) electrons. The standard InChI is InChI=1S/C27H29N9O2.C20H32N4O2Si.C14H17ClN4.C14H18N4O.C12H11N5O.C3H8O/c1-5-37-22-9-7-20-25(26(22)35-12-19(13-35)34(3)4)27(30-14-28-20)33-18-6-8-21(17(2)10-18)38-24-11-23-29-15-32-36(23)16-31-24;1-15-7-8-17-18(19(15)23-11-16(12-23)22(2)3)20(25)24(13-21-17)14-26-9-10-27(4,5)6;1-9-4-5-11-12(14(15)17-8-16-11)13(9)19-6-10(7-19)18(2)3;1-9-4-5-11-12(14(19)16-8-15-11)13(9)18-6-10(7-18)17(2)3;1-8-4-9(13)2-3-10(8)18-12-5-11-14-6-16-17(11)7-15-12;1-3(2)4/h6-11,14-16,19H,5,12-13H2,1-4H3,(H,28,30,33);7-8,13,16H,9-12,14H2,1-6H3;4-5,8,10H,6-7H2,1-3H3;4-5,8,10H,6-7H2,1-3H3,(H,15,16,19);2-7H,13H2,1H3;3-4H,1-2H3. The quantitative estimate of drug-likeness (QED) is 0.0225. The van der Waals surface area contributed by atoms with E-state index in [-0.39, 0.29) is 24.0 Å². The van der Waals surface area contributed by atoms with Crippen LogP contribution in [0, 0.1) is 34.6 Å². The lowest BCUT2D eigenvalue weighted by Crippen LogP contribution is -2.57. The van der Waals surface area contributed by atoms with Crippen LogP contribution in [0.25, 0.3) is 54.9 Å². The van der Waals surface area contributed by atoms with Gasteiger partial charge in [-0.3, -0.25) is 14.2 Å². The molecule has 18 rings (SSSR count). The number of nitrogens with zero attached hydrogens (tertiary/aromatic N) is 23. The van der Waals surface area contributed by atoms with Crippen molar-refractivity contribution in [2.24, 2.45) is 0 Å². The number of aryl methyl sites for hydroxylation is 5. The van der Waals surface area contributed by atoms with Crippen LogP contribution in [0.15, 0.2) is 157 Å². The molecular weight excluding hydrogens is 1620 g/mol. The second kappa shape index (κ2) is 39.8. The first-order valence-electron chi connectivity index (χ1n) is 41.9. The maximum absolute atomic E-state index is 13.2. The lowest BCUT2D eigenvalue weighted by Gasteiger charge is -2.45. The molecule has 6 aromatic carbocycles. The van der Waals surface area contributed by atoms with E-state index < -0.39 is 8.07 Å². The molecule has 0 unspecified atom stereocenters. The molecule has 0 amide bonds. The first kappa shape index (κ1) is 90.6. The number of fused-ring (bicyclic) bond motifs is 6. The van der Waals surface area contributed by atoms with Crippen LogP contribution in [0.5, 0.6) is 29.0 Å². The molecule has 33 nitrogen and oxygen atoms in total. The molecule has 14 aromatic rings. The number of aliphatic hydroxyl groups excluding tert-OH is 1. The Balaban J connectivity index is 0.000000137. The normalized spacial score (nSPS) is 14.3. The largest absolute Gasteiger partial charge is 0.492 e. The van der Waals surface area contributed by atoms with Crippen molar-refractivity contribution in [1.82, 2.24) is 98.2 Å². The number of nitrogens with one attached hydrogen (secondary N) is 2. The molecule has 658 valence electrons. The second-order valence-corrected chi connectivity index (χ2v) is 40.2. The Morgan fingerprint density at radius 2 is 0.960 bits per heavy atom. The van der Waals surface area contributed by atoms with Crippen LogP contribution >= 0.6 is 11.6 Å². The summed E-state index contributed by atoms with van der Waals surface area (Å²) in [6, 6.07) is 34.2. The van der Waals surface area contributed by atoms with Crippen LogP contribution in [0.1, 0.15) is 48.6 Å². The van der Waals surface area contributed by atoms with Gasteiger partial charge in [0, 0.05) is 121 Å². The van der Waals surface area contributed by atoms with Crippen molar-refractivity contribution in [2.45, 2.75) is 118 Å². The van der Waals surface area contributed by atoms with Gasteiger partial charge in [0.2, 0.25) is 11.8 Å². The van der Waals surface area contributed by atoms with Crippen molar-refractivity contribution in [3.05, 3.63) is 201 Å². The van der Waals surface area contributed by atoms with Gasteiger partial charge >= 0.3 is 0 Å². The molecule has 0 aliphatic carbocycles. The Morgan fingerprint density at radius 3 is 1.46 bits per heavy atom. The zero-order chi connectivity index (χ0) is 89.2. The summed E-state index contributed by atoms with van der Waals surface area (Å²) in [5, 5.41) is 23.5. The number of likely N-dealkylation sites (N-methyl/N-ethyl adjacent to an activating group) is 4. The van der Waals surface area contributed by atoms with Gasteiger partial charge in [-0.1, -0.05) is 49.4 Å². The molecule has 4 saturated heterocycles. The highest BCUT2D eigenvalue weighted by Gasteiger charge is 2.36. The lowest BCUT2D eigenvalue weighted by atomic mass is 10.0. The number of anilines is 7. The van der Waals surface area contributed by atoms with E-state index >= 15 is 0 Å². The van der Waals surface area contributed by atoms with Gasteiger partial charge in [0.05, 0.1) is 79.3 Å². The van der Waals surface area contributed by atoms with E-state index in [1.165, 1.54) is 36.6 Å². The maximum Gasteiger partial charge on any atom is 0.265 e. The maximum atomic E-state index is 13.2. The van der Waals surface area contributed by atoms with Crippen molar-refractivity contribution >= 4 is 115 Å². The molecule has 0 saturated carbocycles. The number of H-pyrrole nitrogens is 1. The minimum absolute atomic E-state index is 0.0139. The van der Waals surface area contributed by atoms with Crippen molar-refractivity contribution < 1.29 is 24.1 Å². The number of hydrogen-bond acceptors (Lipinski definition) is 29. The van der Waals surface area contributed by atoms with Crippen LogP contribution in [0.3, 0.4) is 0 Å². The van der Waals surface area contributed by atoms with E-state index in [0.717, 1.165) is 154 Å². The minimum Gasteiger partial charge on any atom is -0.492 e. The van der Waals surface area contributed by atoms with Crippen LogP contribution in [0.2, 0.25) is 30.8 Å². The summed E-state index contributed by atoms with van der Waals surface area (Å²) in [7, 11) is 15.7. The van der Waals surface area contributed by atoms with Gasteiger partial charge in [0.1, 0.15) is 79.2 Å². The van der Waals surface area contributed by atoms with Crippen LogP contribution in [-0.2, 0) is 11.5 Å². The fourth-order valence-corrected chi connectivity index (χ4v) is 15.8. The Bertz CT molecular complexity index is 6210. The molecule has 35 heteroatoms. The third-order valence-corrected chi connectivity index (χ3v) is 24.3. The molecule has 5 N–H and O–H groups in total. The first-order chi connectivity index (χ1) is 59.8. The number of aromatic amines is 1. The molecule has 4 aliphatic heterocycles. The summed E-state index contributed by atoms with van der Waals surface area (Å²) in [6.45, 7) is 31.8. The molecule has 4 fully saturated rings. The molecular formula is C90H115ClN26O7Si. The van der Waals surface area contributed by atoms with Crippen molar-refractivity contribution in [3.63, 3.8) is 0 Å². The average molecular weight is 1740 g/mol. The highest BCUT2D eigenvalue weighted by molar-refractivity contribution is 6.76. The van der Waals surface area contributed by atoms with E-state index in [9.17, 15) is 9.59 Å². The summed E-state index contributed by atoms with van der Waals surface area (Å²) in [5.41, 5.74) is 21.5. The monoisotopic (exact) mass is 1730 g/mol. The van der Waals surface area contributed by atoms with Gasteiger partial charge in [-0.25, -0.2) is 58.9 Å². The Kier molecular flexibility index (Phi) is 28.8. The van der Waals surface area contributed by atoms with Gasteiger partial charge in [-0.2, -0.15) is 10.2 Å². The predicted octanol–water partition coefficient (Wildman–Crippen LogP) is 12.3. The van der Waals surface area contributed by atoms with E-state index in [1.807, 2.05) is 94.4 Å². The van der Waals surface area contributed by atoms with Crippen molar-refractivity contribution in [1.29, 1.82) is 0 Å². The third kappa shape index (κ3) is 21.6. The van der Waals surface area contributed by atoms with Crippen LogP contribution < -0.4 is 56.0 Å². The second-order valence-electron chi connectivity index (χ2n) is 34.2. The van der Waals surface area contributed by atoms with E-state index in [0.29, 0.717) is 87.8 Å². The summed E-state index contributed by atoms with van der Waals surface area (Å²) in [4.78, 5) is 89.2. The summed E-state index contributed by atoms with van der Waals surface area (Å²) >= 11 is 6.27. The Hall–Kier alpha value is -12.2. The topological polar surface area (TPSA) is 339 Å². The molecule has 0 atom stereocenters. The average Bonchev–Trinajstić information content (AvgIpc) is 1.37. The Morgan fingerprint density at radius 1 is 0.512 bits per heavy atom. The lowest BCUT2D eigenvalue weighted by molar-refractivity contribution is 0.0844. The molecule has 8 aromatic heterocycles. The van der Waals surface area contributed by atoms with Crippen LogP contribution in [-0.4, -0.2) is 264 Å². The molecule has 0 spiro atoms. The summed E-state index contributed by atoms with van der Waals surface area (Å²) in [5.74, 6) is 3.92. The summed E-state index contributed by atoms with van der Waals surface area (Å²) in [6.07, 6.45) is 12.1. The van der Waals surface area contributed by atoms with E-state index in [1.54, 1.807) is 71.0 Å². The number of aliphatic hydroxyl groups is 1. The number of hydrogen-bond donors (Lipinski definition) is 4. The number of nitrogens with two attached hydrogens (primary N) is 1. The number of aromatic nitrogens is 16. The zero-order valence-corrected chi connectivity index (χ0v) is 76.6. The van der Waals surface area contributed by atoms with Crippen molar-refractivity contribution in [3.8, 4) is 29.0 Å². The van der Waals surface area contributed by atoms with Gasteiger partial charge in [-0.15, -0.1) is 0 Å². The molecule has 0 bridgehead atoms. The minimum atomic E-state index is -1.14. The fourth-order valence-electron chi connectivity index (χ4n) is 14.8. The highest BCUT2D eigenvalue weighted by atomic mass is 35.5. The number of benzene rings is 6.